The minimum atomic E-state index is -0.186. The van der Waals surface area contributed by atoms with Gasteiger partial charge >= 0.3 is 0 Å². The third kappa shape index (κ3) is 3.51. The average Bonchev–Trinajstić information content (AvgIpc) is 3.24. The molecule has 7 heteroatoms. The number of rotatable bonds is 4. The monoisotopic (exact) mass is 367 g/mol. The van der Waals surface area contributed by atoms with Crippen molar-refractivity contribution in [1.82, 2.24) is 19.9 Å². The van der Waals surface area contributed by atoms with Gasteiger partial charge in [-0.25, -0.2) is 4.98 Å². The smallest absolute Gasteiger partial charge is 0.254 e. The fourth-order valence-electron chi connectivity index (χ4n) is 4.45. The second-order valence-electron chi connectivity index (χ2n) is 7.68. The number of aromatic amines is 1. The lowest BCUT2D eigenvalue weighted by molar-refractivity contribution is -0.130. The van der Waals surface area contributed by atoms with E-state index in [1.165, 1.54) is 0 Å². The quantitative estimate of drug-likeness (QED) is 0.847. The van der Waals surface area contributed by atoms with E-state index in [0.717, 1.165) is 31.5 Å². The minimum absolute atomic E-state index is 0.103. The highest BCUT2D eigenvalue weighted by molar-refractivity contribution is 5.77. The molecular weight excluding hydrogens is 342 g/mol. The van der Waals surface area contributed by atoms with Crippen LogP contribution in [0.15, 0.2) is 29.3 Å². The molecule has 3 atom stereocenters. The molecule has 3 N–H and O–H groups in total. The largest absolute Gasteiger partial charge is 0.342 e. The number of aryl methyl sites for hydroxylation is 1. The van der Waals surface area contributed by atoms with Crippen LogP contribution in [0.1, 0.15) is 30.5 Å². The van der Waals surface area contributed by atoms with Gasteiger partial charge in [-0.15, -0.1) is 0 Å². The van der Waals surface area contributed by atoms with Crippen molar-refractivity contribution < 1.29 is 4.79 Å². The van der Waals surface area contributed by atoms with Crippen LogP contribution in [0.5, 0.6) is 0 Å². The van der Waals surface area contributed by atoms with Crippen molar-refractivity contribution in [3.05, 3.63) is 46.1 Å². The molecule has 1 saturated heterocycles. The highest BCUT2D eigenvalue weighted by Crippen LogP contribution is 2.37. The van der Waals surface area contributed by atoms with Gasteiger partial charge in [0.25, 0.3) is 5.56 Å². The van der Waals surface area contributed by atoms with Crippen molar-refractivity contribution in [3.8, 4) is 11.4 Å². The number of nitrogens with two attached hydrogens (primary N) is 1. The van der Waals surface area contributed by atoms with E-state index in [1.54, 1.807) is 18.5 Å². The van der Waals surface area contributed by atoms with Crippen LogP contribution in [0.2, 0.25) is 0 Å². The molecule has 7 nitrogen and oxygen atoms in total. The van der Waals surface area contributed by atoms with Gasteiger partial charge in [-0.05, 0) is 50.2 Å². The molecule has 4 rings (SSSR count). The van der Waals surface area contributed by atoms with E-state index in [0.29, 0.717) is 41.8 Å². The molecule has 0 spiro atoms. The Morgan fingerprint density at radius 1 is 1.37 bits per heavy atom. The Morgan fingerprint density at radius 3 is 2.93 bits per heavy atom. The molecule has 1 saturated carbocycles. The van der Waals surface area contributed by atoms with E-state index in [-0.39, 0.29) is 17.5 Å². The molecule has 1 aliphatic carbocycles. The van der Waals surface area contributed by atoms with Gasteiger partial charge in [0.15, 0.2) is 0 Å². The Hall–Kier alpha value is -2.54. The van der Waals surface area contributed by atoms with E-state index in [2.05, 4.69) is 15.0 Å². The normalized spacial score (nSPS) is 24.2. The Bertz CT molecular complexity index is 895. The molecule has 27 heavy (non-hydrogen) atoms. The highest BCUT2D eigenvalue weighted by Gasteiger charge is 2.42. The zero-order valence-electron chi connectivity index (χ0n) is 15.5. The summed E-state index contributed by atoms with van der Waals surface area (Å²) >= 11 is 0. The predicted octanol–water partition coefficient (Wildman–Crippen LogP) is 1.27. The third-order valence-corrected chi connectivity index (χ3v) is 6.01. The number of likely N-dealkylation sites (tertiary alicyclic amines) is 1. The van der Waals surface area contributed by atoms with Gasteiger partial charge in [0.05, 0.1) is 0 Å². The third-order valence-electron chi connectivity index (χ3n) is 6.01. The Kier molecular flexibility index (Phi) is 4.78. The lowest BCUT2D eigenvalue weighted by Gasteiger charge is -2.19. The van der Waals surface area contributed by atoms with Crippen LogP contribution in [-0.2, 0) is 11.2 Å². The molecule has 2 aromatic heterocycles. The number of pyridine rings is 1. The van der Waals surface area contributed by atoms with Crippen molar-refractivity contribution in [3.63, 3.8) is 0 Å². The van der Waals surface area contributed by atoms with Crippen LogP contribution in [-0.4, -0.2) is 44.9 Å². The lowest BCUT2D eigenvalue weighted by atomic mass is 9.98. The highest BCUT2D eigenvalue weighted by atomic mass is 16.2. The summed E-state index contributed by atoms with van der Waals surface area (Å²) < 4.78 is 0. The predicted molar refractivity (Wildman–Crippen MR) is 102 cm³/mol. The molecule has 0 aromatic carbocycles. The fourth-order valence-corrected chi connectivity index (χ4v) is 4.45. The summed E-state index contributed by atoms with van der Waals surface area (Å²) in [7, 11) is 0. The molecule has 3 unspecified atom stereocenters. The van der Waals surface area contributed by atoms with Crippen molar-refractivity contribution in [2.45, 2.75) is 38.6 Å². The summed E-state index contributed by atoms with van der Waals surface area (Å²) in [4.78, 5) is 38.4. The van der Waals surface area contributed by atoms with Gasteiger partial charge in [0, 0.05) is 54.8 Å². The summed E-state index contributed by atoms with van der Waals surface area (Å²) in [6.45, 7) is 3.39. The standard InChI is InChI=1S/C20H25N5O2/c1-12-15(20(27)24-19(23-12)13-3-2-8-22-9-13)5-7-18(26)25-10-14-4-6-17(21)16(14)11-25/h2-3,8-9,14,16-17H,4-7,10-11,21H2,1H3,(H,23,24,27). The maximum Gasteiger partial charge on any atom is 0.254 e. The molecule has 2 aromatic rings. The van der Waals surface area contributed by atoms with E-state index in [1.807, 2.05) is 17.9 Å². The Morgan fingerprint density at radius 2 is 2.22 bits per heavy atom. The number of aromatic nitrogens is 3. The van der Waals surface area contributed by atoms with E-state index >= 15 is 0 Å². The van der Waals surface area contributed by atoms with Crippen LogP contribution < -0.4 is 11.3 Å². The first-order chi connectivity index (χ1) is 13.0. The number of nitrogens with one attached hydrogen (secondary N) is 1. The maximum absolute atomic E-state index is 12.6. The molecule has 2 aliphatic rings. The maximum atomic E-state index is 12.6. The number of hydrogen-bond acceptors (Lipinski definition) is 5. The Labute approximate surface area is 158 Å². The second-order valence-corrected chi connectivity index (χ2v) is 7.68. The summed E-state index contributed by atoms with van der Waals surface area (Å²) in [5.41, 5.74) is 7.97. The zero-order chi connectivity index (χ0) is 19.0. The summed E-state index contributed by atoms with van der Waals surface area (Å²) in [6, 6.07) is 3.87. The molecule has 1 aliphatic heterocycles. The number of carbonyl (C=O) groups is 1. The van der Waals surface area contributed by atoms with Crippen LogP contribution in [0.4, 0.5) is 0 Å². The van der Waals surface area contributed by atoms with Crippen LogP contribution in [0, 0.1) is 18.8 Å². The number of fused-ring (bicyclic) bond motifs is 1. The summed E-state index contributed by atoms with van der Waals surface area (Å²) in [6.07, 6.45) is 6.25. The fraction of sp³-hybridized carbons (Fsp3) is 0.500. The van der Waals surface area contributed by atoms with Crippen molar-refractivity contribution in [2.75, 3.05) is 13.1 Å². The minimum Gasteiger partial charge on any atom is -0.342 e. The molecule has 142 valence electrons. The zero-order valence-corrected chi connectivity index (χ0v) is 15.5. The number of nitrogens with zero attached hydrogens (tertiary/aromatic N) is 3. The Balaban J connectivity index is 1.43. The molecule has 3 heterocycles. The van der Waals surface area contributed by atoms with Crippen molar-refractivity contribution >= 4 is 5.91 Å². The van der Waals surface area contributed by atoms with Crippen LogP contribution >= 0.6 is 0 Å². The first kappa shape index (κ1) is 17.9. The van der Waals surface area contributed by atoms with Crippen molar-refractivity contribution in [1.29, 1.82) is 0 Å². The van der Waals surface area contributed by atoms with E-state index in [9.17, 15) is 9.59 Å². The van der Waals surface area contributed by atoms with Gasteiger partial charge in [-0.1, -0.05) is 0 Å². The molecule has 0 bridgehead atoms. The number of hydrogen-bond donors (Lipinski definition) is 2. The van der Waals surface area contributed by atoms with Gasteiger partial charge in [-0.3, -0.25) is 14.6 Å². The van der Waals surface area contributed by atoms with E-state index in [4.69, 9.17) is 5.73 Å². The first-order valence-corrected chi connectivity index (χ1v) is 9.56. The van der Waals surface area contributed by atoms with E-state index < -0.39 is 0 Å². The molecule has 1 amide bonds. The number of carbonyl (C=O) groups excluding carboxylic acids is 1. The average molecular weight is 367 g/mol. The lowest BCUT2D eigenvalue weighted by Crippen LogP contribution is -2.34. The molecule has 2 fully saturated rings. The van der Waals surface area contributed by atoms with Crippen molar-refractivity contribution in [2.24, 2.45) is 17.6 Å². The van der Waals surface area contributed by atoms with Gasteiger partial charge < -0.3 is 15.6 Å². The first-order valence-electron chi connectivity index (χ1n) is 9.56. The van der Waals surface area contributed by atoms with Gasteiger partial charge in [0.1, 0.15) is 5.82 Å². The molecule has 0 radical (unpaired) electrons. The van der Waals surface area contributed by atoms with Crippen LogP contribution in [0.25, 0.3) is 11.4 Å². The van der Waals surface area contributed by atoms with Gasteiger partial charge in [0.2, 0.25) is 5.91 Å². The topological polar surface area (TPSA) is 105 Å². The molecular formula is C20H25N5O2. The number of H-pyrrole nitrogens is 1. The second kappa shape index (κ2) is 7.23. The summed E-state index contributed by atoms with van der Waals surface area (Å²) in [5.74, 6) is 1.60. The number of amides is 1. The van der Waals surface area contributed by atoms with Crippen LogP contribution in [0.3, 0.4) is 0 Å². The SMILES string of the molecule is Cc1nc(-c2cccnc2)[nH]c(=O)c1CCC(=O)N1CC2CCC(N)C2C1. The van der Waals surface area contributed by atoms with Gasteiger partial charge in [-0.2, -0.15) is 0 Å². The summed E-state index contributed by atoms with van der Waals surface area (Å²) in [5, 5.41) is 0.